The average molecular weight is 319 g/mol. The van der Waals surface area contributed by atoms with Crippen LogP contribution in [0.25, 0.3) is 0 Å². The van der Waals surface area contributed by atoms with Crippen molar-refractivity contribution in [2.24, 2.45) is 0 Å². The van der Waals surface area contributed by atoms with E-state index in [1.165, 1.54) is 0 Å². The van der Waals surface area contributed by atoms with Gasteiger partial charge in [-0.1, -0.05) is 28.1 Å². The van der Waals surface area contributed by atoms with E-state index in [1.807, 2.05) is 49.4 Å². The molecule has 0 heterocycles. The SMILES string of the molecule is COc1ccc(C(=O)Cc2ccc(Br)cc2)cc1C. The molecule has 2 aromatic carbocycles. The lowest BCUT2D eigenvalue weighted by Gasteiger charge is -2.07. The summed E-state index contributed by atoms with van der Waals surface area (Å²) in [5.41, 5.74) is 2.71. The number of carbonyl (C=O) groups is 1. The van der Waals surface area contributed by atoms with Crippen LogP contribution >= 0.6 is 15.9 Å². The molecule has 0 bridgehead atoms. The first kappa shape index (κ1) is 13.8. The number of hydrogen-bond acceptors (Lipinski definition) is 2. The third-order valence-corrected chi connectivity index (χ3v) is 3.52. The quantitative estimate of drug-likeness (QED) is 0.790. The topological polar surface area (TPSA) is 26.3 Å². The van der Waals surface area contributed by atoms with Crippen LogP contribution in [0.3, 0.4) is 0 Å². The molecule has 3 heteroatoms. The van der Waals surface area contributed by atoms with Crippen LogP contribution < -0.4 is 4.74 Å². The van der Waals surface area contributed by atoms with E-state index < -0.39 is 0 Å². The molecule has 98 valence electrons. The Morgan fingerprint density at radius 2 is 1.84 bits per heavy atom. The van der Waals surface area contributed by atoms with Crippen LogP contribution in [0, 0.1) is 6.92 Å². The van der Waals surface area contributed by atoms with E-state index in [0.29, 0.717) is 6.42 Å². The van der Waals surface area contributed by atoms with Gasteiger partial charge in [0.25, 0.3) is 0 Å². The Morgan fingerprint density at radius 3 is 2.42 bits per heavy atom. The van der Waals surface area contributed by atoms with Crippen molar-refractivity contribution in [3.63, 3.8) is 0 Å². The van der Waals surface area contributed by atoms with Crippen LogP contribution in [0.15, 0.2) is 46.9 Å². The molecule has 0 aromatic heterocycles. The number of aryl methyl sites for hydroxylation is 1. The van der Waals surface area contributed by atoms with Gasteiger partial charge < -0.3 is 4.74 Å². The summed E-state index contributed by atoms with van der Waals surface area (Å²) in [6.45, 7) is 1.94. The molecule has 19 heavy (non-hydrogen) atoms. The van der Waals surface area contributed by atoms with Crippen molar-refractivity contribution in [2.75, 3.05) is 7.11 Å². The van der Waals surface area contributed by atoms with Gasteiger partial charge in [0.05, 0.1) is 7.11 Å². The van der Waals surface area contributed by atoms with Crippen LogP contribution in [-0.2, 0) is 6.42 Å². The minimum atomic E-state index is 0.119. The molecule has 0 unspecified atom stereocenters. The lowest BCUT2D eigenvalue weighted by molar-refractivity contribution is 0.0993. The smallest absolute Gasteiger partial charge is 0.167 e. The predicted octanol–water partition coefficient (Wildman–Crippen LogP) is 4.19. The Balaban J connectivity index is 2.16. The second kappa shape index (κ2) is 6.02. The molecule has 0 spiro atoms. The highest BCUT2D eigenvalue weighted by Crippen LogP contribution is 2.20. The third-order valence-electron chi connectivity index (χ3n) is 2.99. The fraction of sp³-hybridized carbons (Fsp3) is 0.188. The lowest BCUT2D eigenvalue weighted by atomic mass is 10.0. The monoisotopic (exact) mass is 318 g/mol. The largest absolute Gasteiger partial charge is 0.496 e. The van der Waals surface area contributed by atoms with Gasteiger partial charge in [-0.25, -0.2) is 0 Å². The first-order valence-electron chi connectivity index (χ1n) is 6.02. The Hall–Kier alpha value is -1.61. The normalized spacial score (nSPS) is 10.3. The highest BCUT2D eigenvalue weighted by Gasteiger charge is 2.09. The highest BCUT2D eigenvalue weighted by atomic mass is 79.9. The first-order valence-corrected chi connectivity index (χ1v) is 6.81. The number of carbonyl (C=O) groups excluding carboxylic acids is 1. The maximum absolute atomic E-state index is 12.2. The van der Waals surface area contributed by atoms with Gasteiger partial charge in [0, 0.05) is 16.5 Å². The Bertz CT molecular complexity index is 588. The number of halogens is 1. The third kappa shape index (κ3) is 3.44. The van der Waals surface area contributed by atoms with Crippen LogP contribution in [-0.4, -0.2) is 12.9 Å². The molecular weight excluding hydrogens is 304 g/mol. The number of methoxy groups -OCH3 is 1. The second-order valence-electron chi connectivity index (χ2n) is 4.41. The molecule has 0 amide bonds. The molecule has 0 aliphatic heterocycles. The number of ether oxygens (including phenoxy) is 1. The number of hydrogen-bond donors (Lipinski definition) is 0. The molecule has 2 aromatic rings. The molecule has 0 saturated carbocycles. The van der Waals surface area contributed by atoms with Gasteiger partial charge in [-0.2, -0.15) is 0 Å². The molecule has 0 fully saturated rings. The number of benzene rings is 2. The van der Waals surface area contributed by atoms with Gasteiger partial charge >= 0.3 is 0 Å². The van der Waals surface area contributed by atoms with Crippen molar-refractivity contribution in [2.45, 2.75) is 13.3 Å². The zero-order valence-corrected chi connectivity index (χ0v) is 12.5. The van der Waals surface area contributed by atoms with E-state index in [0.717, 1.165) is 26.9 Å². The van der Waals surface area contributed by atoms with E-state index in [4.69, 9.17) is 4.74 Å². The molecule has 0 aliphatic carbocycles. The molecule has 0 aliphatic rings. The summed E-state index contributed by atoms with van der Waals surface area (Å²) >= 11 is 3.38. The molecule has 2 rings (SSSR count). The van der Waals surface area contributed by atoms with Crippen molar-refractivity contribution < 1.29 is 9.53 Å². The summed E-state index contributed by atoms with van der Waals surface area (Å²) < 4.78 is 6.21. The molecule has 0 saturated heterocycles. The Labute approximate surface area is 121 Å². The Morgan fingerprint density at radius 1 is 1.16 bits per heavy atom. The van der Waals surface area contributed by atoms with Gasteiger partial charge in [-0.3, -0.25) is 4.79 Å². The molecular formula is C16H15BrO2. The predicted molar refractivity (Wildman–Crippen MR) is 79.9 cm³/mol. The van der Waals surface area contributed by atoms with Crippen LogP contribution in [0.1, 0.15) is 21.5 Å². The van der Waals surface area contributed by atoms with Gasteiger partial charge in [0.15, 0.2) is 5.78 Å². The first-order chi connectivity index (χ1) is 9.10. The van der Waals surface area contributed by atoms with Crippen molar-refractivity contribution in [3.05, 3.63) is 63.6 Å². The maximum atomic E-state index is 12.2. The van der Waals surface area contributed by atoms with Crippen molar-refractivity contribution in [3.8, 4) is 5.75 Å². The second-order valence-corrected chi connectivity index (χ2v) is 5.33. The van der Waals surface area contributed by atoms with Crippen molar-refractivity contribution >= 4 is 21.7 Å². The standard InChI is InChI=1S/C16H15BrO2/c1-11-9-13(5-8-16(11)19-2)15(18)10-12-3-6-14(17)7-4-12/h3-9H,10H2,1-2H3. The summed E-state index contributed by atoms with van der Waals surface area (Å²) in [4.78, 5) is 12.2. The molecule has 0 atom stereocenters. The van der Waals surface area contributed by atoms with Gasteiger partial charge in [0.2, 0.25) is 0 Å². The van der Waals surface area contributed by atoms with E-state index in [2.05, 4.69) is 15.9 Å². The molecule has 0 radical (unpaired) electrons. The Kier molecular flexibility index (Phi) is 4.38. The van der Waals surface area contributed by atoms with Crippen LogP contribution in [0.2, 0.25) is 0 Å². The zero-order chi connectivity index (χ0) is 13.8. The van der Waals surface area contributed by atoms with Gasteiger partial charge in [-0.05, 0) is 48.4 Å². The summed E-state index contributed by atoms with van der Waals surface area (Å²) in [7, 11) is 1.63. The molecule has 2 nitrogen and oxygen atoms in total. The van der Waals surface area contributed by atoms with Crippen molar-refractivity contribution in [1.29, 1.82) is 0 Å². The lowest BCUT2D eigenvalue weighted by Crippen LogP contribution is -2.04. The van der Waals surface area contributed by atoms with Crippen molar-refractivity contribution in [1.82, 2.24) is 0 Å². The van der Waals surface area contributed by atoms with Gasteiger partial charge in [0.1, 0.15) is 5.75 Å². The summed E-state index contributed by atoms with van der Waals surface area (Å²) in [5, 5.41) is 0. The number of rotatable bonds is 4. The minimum absolute atomic E-state index is 0.119. The summed E-state index contributed by atoms with van der Waals surface area (Å²) in [5.74, 6) is 0.924. The fourth-order valence-electron chi connectivity index (χ4n) is 1.94. The summed E-state index contributed by atoms with van der Waals surface area (Å²) in [6.07, 6.45) is 0.416. The molecule has 0 N–H and O–H groups in total. The number of Topliss-reactive ketones (excluding diaryl/α,β-unsaturated/α-hetero) is 1. The maximum Gasteiger partial charge on any atom is 0.167 e. The van der Waals surface area contributed by atoms with Crippen LogP contribution in [0.5, 0.6) is 5.75 Å². The van der Waals surface area contributed by atoms with E-state index in [-0.39, 0.29) is 5.78 Å². The highest BCUT2D eigenvalue weighted by molar-refractivity contribution is 9.10. The minimum Gasteiger partial charge on any atom is -0.496 e. The summed E-state index contributed by atoms with van der Waals surface area (Å²) in [6, 6.07) is 13.3. The number of ketones is 1. The van der Waals surface area contributed by atoms with E-state index in [1.54, 1.807) is 7.11 Å². The van der Waals surface area contributed by atoms with Gasteiger partial charge in [-0.15, -0.1) is 0 Å². The zero-order valence-electron chi connectivity index (χ0n) is 10.9. The van der Waals surface area contributed by atoms with E-state index >= 15 is 0 Å². The average Bonchev–Trinajstić information content (AvgIpc) is 2.41. The van der Waals surface area contributed by atoms with Crippen LogP contribution in [0.4, 0.5) is 0 Å². The van der Waals surface area contributed by atoms with E-state index in [9.17, 15) is 4.79 Å². The fourth-order valence-corrected chi connectivity index (χ4v) is 2.21.